The summed E-state index contributed by atoms with van der Waals surface area (Å²) >= 11 is 5.71. The Morgan fingerprint density at radius 1 is 1.24 bits per heavy atom. The molecule has 8 heteroatoms. The van der Waals surface area contributed by atoms with Crippen LogP contribution in [0.2, 0.25) is 5.02 Å². The molecule has 2 aromatic rings. The number of nitrogen functional groups attached to an aromatic ring is 1. The van der Waals surface area contributed by atoms with Gasteiger partial charge in [0.05, 0.1) is 5.69 Å². The molecule has 0 saturated heterocycles. The number of benzene rings is 1. The van der Waals surface area contributed by atoms with Gasteiger partial charge in [0.25, 0.3) is 0 Å². The van der Waals surface area contributed by atoms with Gasteiger partial charge in [0.15, 0.2) is 5.82 Å². The molecule has 1 aromatic carbocycles. The third kappa shape index (κ3) is 2.33. The number of anilines is 1. The first-order valence-electron chi connectivity index (χ1n) is 4.44. The van der Waals surface area contributed by atoms with E-state index in [-0.39, 0.29) is 0 Å². The highest BCUT2D eigenvalue weighted by Gasteiger charge is 2.37. The van der Waals surface area contributed by atoms with Crippen molar-refractivity contribution < 1.29 is 13.2 Å². The highest BCUT2D eigenvalue weighted by atomic mass is 35.5. The number of aromatic nitrogens is 3. The van der Waals surface area contributed by atoms with Crippen LogP contribution in [-0.2, 0) is 6.18 Å². The maximum absolute atomic E-state index is 12.4. The number of alkyl halides is 3. The Balaban J connectivity index is 2.49. The van der Waals surface area contributed by atoms with Gasteiger partial charge in [0, 0.05) is 5.02 Å². The molecule has 0 amide bonds. The molecule has 1 aromatic heterocycles. The van der Waals surface area contributed by atoms with Gasteiger partial charge in [-0.3, -0.25) is 0 Å². The zero-order chi connectivity index (χ0) is 12.6. The maximum Gasteiger partial charge on any atom is 0.438 e. The van der Waals surface area contributed by atoms with Crippen molar-refractivity contribution in [3.05, 3.63) is 35.0 Å². The molecule has 1 heterocycles. The minimum atomic E-state index is -4.62. The number of nitrogens with zero attached hydrogens (tertiary/aromatic N) is 3. The van der Waals surface area contributed by atoms with E-state index in [0.29, 0.717) is 10.7 Å². The summed E-state index contributed by atoms with van der Waals surface area (Å²) in [6.45, 7) is 0. The quantitative estimate of drug-likeness (QED) is 0.859. The summed E-state index contributed by atoms with van der Waals surface area (Å²) in [6, 6.07) is 6.11. The Kier molecular flexibility index (Phi) is 2.70. The lowest BCUT2D eigenvalue weighted by atomic mass is 10.3. The van der Waals surface area contributed by atoms with E-state index in [0.717, 1.165) is 4.80 Å². The Labute approximate surface area is 98.8 Å². The second-order valence-electron chi connectivity index (χ2n) is 3.20. The number of hydrogen-bond acceptors (Lipinski definition) is 3. The highest BCUT2D eigenvalue weighted by molar-refractivity contribution is 6.30. The van der Waals surface area contributed by atoms with E-state index in [1.807, 2.05) is 0 Å². The van der Waals surface area contributed by atoms with Gasteiger partial charge in [-0.25, -0.2) is 0 Å². The van der Waals surface area contributed by atoms with E-state index < -0.39 is 17.7 Å². The van der Waals surface area contributed by atoms with Crippen LogP contribution in [0.5, 0.6) is 0 Å². The van der Waals surface area contributed by atoms with Gasteiger partial charge in [-0.15, -0.1) is 15.0 Å². The zero-order valence-electron chi connectivity index (χ0n) is 8.24. The first-order chi connectivity index (χ1) is 7.88. The van der Waals surface area contributed by atoms with Gasteiger partial charge in [-0.2, -0.15) is 13.2 Å². The third-order valence-electron chi connectivity index (χ3n) is 1.95. The topological polar surface area (TPSA) is 56.7 Å². The monoisotopic (exact) mass is 262 g/mol. The molecular formula is C9H6ClF3N4. The van der Waals surface area contributed by atoms with Crippen LogP contribution < -0.4 is 5.73 Å². The molecule has 0 saturated carbocycles. The molecule has 0 spiro atoms. The molecule has 2 N–H and O–H groups in total. The van der Waals surface area contributed by atoms with Crippen molar-refractivity contribution in [2.45, 2.75) is 6.18 Å². The average molecular weight is 263 g/mol. The standard InChI is InChI=1S/C9H6ClF3N4/c10-5-2-1-3-6(4-5)17-15-7(8(14)16-17)9(11,12)13/h1-4H,(H2,14,16). The van der Waals surface area contributed by atoms with Crippen LogP contribution in [0.25, 0.3) is 5.69 Å². The van der Waals surface area contributed by atoms with Gasteiger partial charge in [0.1, 0.15) is 0 Å². The van der Waals surface area contributed by atoms with E-state index in [1.54, 1.807) is 12.1 Å². The van der Waals surface area contributed by atoms with Crippen molar-refractivity contribution >= 4 is 17.4 Å². The van der Waals surface area contributed by atoms with Crippen molar-refractivity contribution in [1.29, 1.82) is 0 Å². The van der Waals surface area contributed by atoms with Crippen molar-refractivity contribution in [1.82, 2.24) is 15.0 Å². The van der Waals surface area contributed by atoms with Crippen LogP contribution in [0, 0.1) is 0 Å². The first kappa shape index (κ1) is 11.7. The predicted molar refractivity (Wildman–Crippen MR) is 55.8 cm³/mol. The highest BCUT2D eigenvalue weighted by Crippen LogP contribution is 2.31. The van der Waals surface area contributed by atoms with E-state index in [2.05, 4.69) is 10.2 Å². The molecule has 0 radical (unpaired) electrons. The molecule has 0 fully saturated rings. The fourth-order valence-corrected chi connectivity index (χ4v) is 1.42. The lowest BCUT2D eigenvalue weighted by molar-refractivity contribution is -0.140. The van der Waals surface area contributed by atoms with E-state index >= 15 is 0 Å². The minimum Gasteiger partial charge on any atom is -0.380 e. The Bertz CT molecular complexity index is 549. The SMILES string of the molecule is Nc1nn(-c2cccc(Cl)c2)nc1C(F)(F)F. The summed E-state index contributed by atoms with van der Waals surface area (Å²) < 4.78 is 37.3. The lowest BCUT2D eigenvalue weighted by Gasteiger charge is -2.01. The summed E-state index contributed by atoms with van der Waals surface area (Å²) in [5.74, 6) is -0.669. The van der Waals surface area contributed by atoms with Crippen molar-refractivity contribution in [2.24, 2.45) is 0 Å². The van der Waals surface area contributed by atoms with Crippen molar-refractivity contribution in [3.63, 3.8) is 0 Å². The summed E-state index contributed by atoms with van der Waals surface area (Å²) in [6.07, 6.45) is -4.62. The van der Waals surface area contributed by atoms with E-state index in [4.69, 9.17) is 17.3 Å². The molecule has 0 aliphatic rings. The Hall–Kier alpha value is -1.76. The van der Waals surface area contributed by atoms with Gasteiger partial charge >= 0.3 is 6.18 Å². The van der Waals surface area contributed by atoms with Crippen LogP contribution in [0.15, 0.2) is 24.3 Å². The van der Waals surface area contributed by atoms with Gasteiger partial charge in [-0.05, 0) is 18.2 Å². The predicted octanol–water partition coefficient (Wildman–Crippen LogP) is 2.52. The fourth-order valence-electron chi connectivity index (χ4n) is 1.24. The van der Waals surface area contributed by atoms with Crippen LogP contribution in [0.1, 0.15) is 5.69 Å². The van der Waals surface area contributed by atoms with Crippen LogP contribution in [-0.4, -0.2) is 15.0 Å². The van der Waals surface area contributed by atoms with Gasteiger partial charge < -0.3 is 5.73 Å². The normalized spacial score (nSPS) is 11.8. The van der Waals surface area contributed by atoms with Crippen molar-refractivity contribution in [3.8, 4) is 5.69 Å². The number of nitrogens with two attached hydrogens (primary N) is 1. The largest absolute Gasteiger partial charge is 0.438 e. The molecule has 90 valence electrons. The lowest BCUT2D eigenvalue weighted by Crippen LogP contribution is -2.09. The summed E-state index contributed by atoms with van der Waals surface area (Å²) in [5.41, 5.74) is 4.25. The van der Waals surface area contributed by atoms with E-state index in [1.165, 1.54) is 12.1 Å². The summed E-state index contributed by atoms with van der Waals surface area (Å²) in [7, 11) is 0. The fraction of sp³-hybridized carbons (Fsp3) is 0.111. The minimum absolute atomic E-state index is 0.305. The Morgan fingerprint density at radius 3 is 2.47 bits per heavy atom. The number of halogens is 4. The Morgan fingerprint density at radius 2 is 1.94 bits per heavy atom. The number of hydrogen-bond donors (Lipinski definition) is 1. The second kappa shape index (κ2) is 3.92. The maximum atomic E-state index is 12.4. The van der Waals surface area contributed by atoms with Crippen molar-refractivity contribution in [2.75, 3.05) is 5.73 Å². The first-order valence-corrected chi connectivity index (χ1v) is 4.81. The summed E-state index contributed by atoms with van der Waals surface area (Å²) in [5, 5.41) is 7.15. The van der Waals surface area contributed by atoms with Gasteiger partial charge in [0.2, 0.25) is 5.69 Å². The molecule has 0 bridgehead atoms. The number of rotatable bonds is 1. The van der Waals surface area contributed by atoms with E-state index in [9.17, 15) is 13.2 Å². The molecule has 0 aliphatic carbocycles. The molecular weight excluding hydrogens is 257 g/mol. The average Bonchev–Trinajstić information content (AvgIpc) is 2.60. The van der Waals surface area contributed by atoms with Crippen LogP contribution in [0.4, 0.5) is 19.0 Å². The second-order valence-corrected chi connectivity index (χ2v) is 3.64. The molecule has 0 unspecified atom stereocenters. The summed E-state index contributed by atoms with van der Waals surface area (Å²) in [4.78, 5) is 0.796. The molecule has 0 atom stereocenters. The van der Waals surface area contributed by atoms with Gasteiger partial charge in [-0.1, -0.05) is 17.7 Å². The molecule has 17 heavy (non-hydrogen) atoms. The zero-order valence-corrected chi connectivity index (χ0v) is 9.00. The third-order valence-corrected chi connectivity index (χ3v) is 2.18. The smallest absolute Gasteiger partial charge is 0.380 e. The molecule has 2 rings (SSSR count). The van der Waals surface area contributed by atoms with Crippen LogP contribution in [0.3, 0.4) is 0 Å². The van der Waals surface area contributed by atoms with Crippen LogP contribution >= 0.6 is 11.6 Å². The molecule has 4 nitrogen and oxygen atoms in total. The molecule has 0 aliphatic heterocycles.